The van der Waals surface area contributed by atoms with Crippen molar-refractivity contribution in [1.82, 2.24) is 9.78 Å². The predicted octanol–water partition coefficient (Wildman–Crippen LogP) is 2.62. The van der Waals surface area contributed by atoms with Crippen molar-refractivity contribution in [3.63, 3.8) is 0 Å². The normalized spacial score (nSPS) is 19.4. The van der Waals surface area contributed by atoms with Crippen LogP contribution in [0.25, 0.3) is 11.1 Å². The summed E-state index contributed by atoms with van der Waals surface area (Å²) < 4.78 is 13.9. The first-order chi connectivity index (χ1) is 11.5. The molecule has 1 aliphatic rings. The van der Waals surface area contributed by atoms with Gasteiger partial charge in [-0.2, -0.15) is 5.10 Å². The van der Waals surface area contributed by atoms with E-state index in [1.54, 1.807) is 18.5 Å². The minimum atomic E-state index is -0.788. The average molecular weight is 342 g/mol. The summed E-state index contributed by atoms with van der Waals surface area (Å²) in [6.45, 7) is 12.2. The van der Waals surface area contributed by atoms with E-state index in [4.69, 9.17) is 9.31 Å². The van der Waals surface area contributed by atoms with Gasteiger partial charge < -0.3 is 14.4 Å². The Balaban J connectivity index is 1.75. The third-order valence-electron chi connectivity index (χ3n) is 4.95. The van der Waals surface area contributed by atoms with Crippen molar-refractivity contribution in [2.45, 2.75) is 64.9 Å². The zero-order valence-corrected chi connectivity index (χ0v) is 15.9. The van der Waals surface area contributed by atoms with E-state index >= 15 is 0 Å². The topological polar surface area (TPSA) is 56.5 Å². The molecule has 1 aromatic carbocycles. The van der Waals surface area contributed by atoms with Crippen LogP contribution in [0, 0.1) is 0 Å². The lowest BCUT2D eigenvalue weighted by Crippen LogP contribution is -2.41. The first-order valence-electron chi connectivity index (χ1n) is 8.68. The lowest BCUT2D eigenvalue weighted by molar-refractivity contribution is 0.00578. The third kappa shape index (κ3) is 3.81. The SMILES string of the molecule is CC(C)(O)Cn1cc(-c2ccc(B3OC(C)(C)C(C)(C)O3)cc2)cn1. The van der Waals surface area contributed by atoms with E-state index in [2.05, 4.69) is 32.8 Å². The summed E-state index contributed by atoms with van der Waals surface area (Å²) in [4.78, 5) is 0. The van der Waals surface area contributed by atoms with Gasteiger partial charge in [0, 0.05) is 11.8 Å². The third-order valence-corrected chi connectivity index (χ3v) is 4.95. The van der Waals surface area contributed by atoms with Crippen molar-refractivity contribution < 1.29 is 14.4 Å². The Labute approximate surface area is 150 Å². The molecule has 0 bridgehead atoms. The monoisotopic (exact) mass is 342 g/mol. The fraction of sp³-hybridized carbons (Fsp3) is 0.526. The molecule has 1 fully saturated rings. The van der Waals surface area contributed by atoms with E-state index < -0.39 is 5.60 Å². The van der Waals surface area contributed by atoms with E-state index in [-0.39, 0.29) is 18.3 Å². The maximum Gasteiger partial charge on any atom is 0.494 e. The minimum absolute atomic E-state index is 0.339. The van der Waals surface area contributed by atoms with Crippen LogP contribution in [0.2, 0.25) is 0 Å². The highest BCUT2D eigenvalue weighted by Gasteiger charge is 2.51. The van der Waals surface area contributed by atoms with Crippen LogP contribution in [0.4, 0.5) is 0 Å². The summed E-state index contributed by atoms with van der Waals surface area (Å²) in [5.41, 5.74) is 1.63. The zero-order chi connectivity index (χ0) is 18.5. The summed E-state index contributed by atoms with van der Waals surface area (Å²) in [6, 6.07) is 8.16. The number of hydrogen-bond acceptors (Lipinski definition) is 4. The fourth-order valence-corrected chi connectivity index (χ4v) is 2.81. The molecule has 25 heavy (non-hydrogen) atoms. The van der Waals surface area contributed by atoms with Crippen molar-refractivity contribution in [2.75, 3.05) is 0 Å². The molecule has 1 aromatic heterocycles. The number of hydrogen-bond donors (Lipinski definition) is 1. The molecule has 2 heterocycles. The van der Waals surface area contributed by atoms with Crippen LogP contribution in [0.3, 0.4) is 0 Å². The van der Waals surface area contributed by atoms with E-state index in [1.807, 2.05) is 36.7 Å². The van der Waals surface area contributed by atoms with Gasteiger partial charge in [-0.25, -0.2) is 0 Å². The number of rotatable bonds is 4. The maximum atomic E-state index is 9.90. The molecule has 1 aliphatic heterocycles. The second-order valence-electron chi connectivity index (χ2n) is 8.45. The Morgan fingerprint density at radius 2 is 1.60 bits per heavy atom. The van der Waals surface area contributed by atoms with Crippen LogP contribution >= 0.6 is 0 Å². The van der Waals surface area contributed by atoms with Gasteiger partial charge in [0.05, 0.1) is 29.5 Å². The zero-order valence-electron chi connectivity index (χ0n) is 15.9. The summed E-state index contributed by atoms with van der Waals surface area (Å²) in [5, 5.41) is 14.2. The van der Waals surface area contributed by atoms with Crippen molar-refractivity contribution in [2.24, 2.45) is 0 Å². The molecule has 0 radical (unpaired) electrons. The highest BCUT2D eigenvalue weighted by atomic mass is 16.7. The molecule has 0 aliphatic carbocycles. The molecule has 2 aromatic rings. The van der Waals surface area contributed by atoms with Crippen molar-refractivity contribution in [3.05, 3.63) is 36.7 Å². The summed E-state index contributed by atoms with van der Waals surface area (Å²) >= 11 is 0. The van der Waals surface area contributed by atoms with Gasteiger partial charge in [-0.3, -0.25) is 4.68 Å². The minimum Gasteiger partial charge on any atom is -0.399 e. The second kappa shape index (κ2) is 5.97. The fourth-order valence-electron chi connectivity index (χ4n) is 2.81. The van der Waals surface area contributed by atoms with Crippen LogP contribution in [0.5, 0.6) is 0 Å². The van der Waals surface area contributed by atoms with Crippen molar-refractivity contribution in [1.29, 1.82) is 0 Å². The molecule has 6 heteroatoms. The Kier molecular flexibility index (Phi) is 4.34. The highest BCUT2D eigenvalue weighted by molar-refractivity contribution is 6.62. The van der Waals surface area contributed by atoms with Gasteiger partial charge in [-0.1, -0.05) is 24.3 Å². The first kappa shape index (κ1) is 18.2. The molecule has 0 atom stereocenters. The Hall–Kier alpha value is -1.63. The van der Waals surface area contributed by atoms with Gasteiger partial charge in [0.2, 0.25) is 0 Å². The lowest BCUT2D eigenvalue weighted by Gasteiger charge is -2.32. The molecule has 134 valence electrons. The predicted molar refractivity (Wildman–Crippen MR) is 99.7 cm³/mol. The maximum absolute atomic E-state index is 9.90. The Morgan fingerprint density at radius 1 is 1.04 bits per heavy atom. The Morgan fingerprint density at radius 3 is 2.12 bits per heavy atom. The van der Waals surface area contributed by atoms with Gasteiger partial charge in [0.25, 0.3) is 0 Å². The lowest BCUT2D eigenvalue weighted by atomic mass is 9.78. The highest BCUT2D eigenvalue weighted by Crippen LogP contribution is 2.36. The van der Waals surface area contributed by atoms with E-state index in [0.717, 1.165) is 16.6 Å². The molecule has 0 saturated carbocycles. The summed E-state index contributed by atoms with van der Waals surface area (Å²) in [7, 11) is -0.350. The number of aromatic nitrogens is 2. The molecule has 0 spiro atoms. The molecule has 1 saturated heterocycles. The summed E-state index contributed by atoms with van der Waals surface area (Å²) in [6.07, 6.45) is 3.76. The molecule has 5 nitrogen and oxygen atoms in total. The molecule has 0 amide bonds. The Bertz CT molecular complexity index is 729. The quantitative estimate of drug-likeness (QED) is 0.868. The summed E-state index contributed by atoms with van der Waals surface area (Å²) in [5.74, 6) is 0. The van der Waals surface area contributed by atoms with Gasteiger partial charge >= 0.3 is 7.12 Å². The largest absolute Gasteiger partial charge is 0.494 e. The first-order valence-corrected chi connectivity index (χ1v) is 8.68. The number of benzene rings is 1. The molecule has 0 unspecified atom stereocenters. The molecular weight excluding hydrogens is 315 g/mol. The van der Waals surface area contributed by atoms with E-state index in [0.29, 0.717) is 6.54 Å². The van der Waals surface area contributed by atoms with Crippen LogP contribution in [0.15, 0.2) is 36.7 Å². The van der Waals surface area contributed by atoms with Crippen LogP contribution in [-0.2, 0) is 15.9 Å². The van der Waals surface area contributed by atoms with E-state index in [9.17, 15) is 5.11 Å². The average Bonchev–Trinajstić information content (AvgIpc) is 3.00. The van der Waals surface area contributed by atoms with E-state index in [1.165, 1.54) is 0 Å². The van der Waals surface area contributed by atoms with Gasteiger partial charge in [-0.05, 0) is 52.6 Å². The molecule has 1 N–H and O–H groups in total. The van der Waals surface area contributed by atoms with Crippen LogP contribution < -0.4 is 5.46 Å². The van der Waals surface area contributed by atoms with Crippen molar-refractivity contribution >= 4 is 12.6 Å². The van der Waals surface area contributed by atoms with Gasteiger partial charge in [-0.15, -0.1) is 0 Å². The number of aliphatic hydroxyl groups is 1. The van der Waals surface area contributed by atoms with Gasteiger partial charge in [0.15, 0.2) is 0 Å². The molecular formula is C19H27BN2O3. The smallest absolute Gasteiger partial charge is 0.399 e. The number of nitrogens with zero attached hydrogens (tertiary/aromatic N) is 2. The van der Waals surface area contributed by atoms with Crippen LogP contribution in [0.1, 0.15) is 41.5 Å². The van der Waals surface area contributed by atoms with Gasteiger partial charge in [0.1, 0.15) is 0 Å². The van der Waals surface area contributed by atoms with Crippen LogP contribution in [-0.4, -0.2) is 38.8 Å². The standard InChI is InChI=1S/C19H27BN2O3/c1-17(2,23)13-22-12-15(11-21-22)14-7-9-16(10-8-14)20-24-18(3,4)19(5,6)25-20/h7-12,23H,13H2,1-6H3. The second-order valence-corrected chi connectivity index (χ2v) is 8.45. The molecule has 3 rings (SSSR count). The van der Waals surface area contributed by atoms with Crippen molar-refractivity contribution in [3.8, 4) is 11.1 Å².